The van der Waals surface area contributed by atoms with Crippen molar-refractivity contribution in [1.29, 1.82) is 5.26 Å². The van der Waals surface area contributed by atoms with Gasteiger partial charge in [0.1, 0.15) is 11.6 Å². The van der Waals surface area contributed by atoms with Crippen molar-refractivity contribution in [1.82, 2.24) is 9.88 Å². The molecule has 23 heavy (non-hydrogen) atoms. The van der Waals surface area contributed by atoms with Crippen LogP contribution in [0.5, 0.6) is 0 Å². The van der Waals surface area contributed by atoms with E-state index in [2.05, 4.69) is 9.88 Å². The highest BCUT2D eigenvalue weighted by atomic mass is 19.1. The summed E-state index contributed by atoms with van der Waals surface area (Å²) in [6.45, 7) is 3.43. The first-order chi connectivity index (χ1) is 11.2. The van der Waals surface area contributed by atoms with Crippen LogP contribution in [0.3, 0.4) is 0 Å². The molecule has 0 atom stereocenters. The molecule has 4 nitrogen and oxygen atoms in total. The van der Waals surface area contributed by atoms with E-state index in [1.807, 2.05) is 11.0 Å². The van der Waals surface area contributed by atoms with Crippen LogP contribution in [0.15, 0.2) is 36.4 Å². The fourth-order valence-corrected chi connectivity index (χ4v) is 2.69. The zero-order chi connectivity index (χ0) is 16.2. The molecule has 1 aliphatic rings. The van der Waals surface area contributed by atoms with E-state index in [4.69, 9.17) is 5.26 Å². The predicted octanol–water partition coefficient (Wildman–Crippen LogP) is 2.55. The predicted molar refractivity (Wildman–Crippen MR) is 82.8 cm³/mol. The summed E-state index contributed by atoms with van der Waals surface area (Å²) in [6.07, 6.45) is 0. The van der Waals surface area contributed by atoms with Gasteiger partial charge in [0.2, 0.25) is 5.95 Å². The third kappa shape index (κ3) is 3.63. The van der Waals surface area contributed by atoms with E-state index in [9.17, 15) is 8.78 Å². The standard InChI is InChI=1S/C17H16F2N4/c18-15-10-13(11-20)4-5-14(15)12-22-6-8-23(9-7-22)17-3-1-2-16(19)21-17/h1-5,10H,6-9,12H2. The molecule has 0 bridgehead atoms. The van der Waals surface area contributed by atoms with Crippen LogP contribution in [0.4, 0.5) is 14.6 Å². The lowest BCUT2D eigenvalue weighted by Crippen LogP contribution is -2.46. The zero-order valence-electron chi connectivity index (χ0n) is 12.5. The summed E-state index contributed by atoms with van der Waals surface area (Å²) in [5, 5.41) is 8.77. The molecule has 0 spiro atoms. The smallest absolute Gasteiger partial charge is 0.214 e. The van der Waals surface area contributed by atoms with Gasteiger partial charge in [-0.1, -0.05) is 12.1 Å². The van der Waals surface area contributed by atoms with E-state index in [0.717, 1.165) is 13.1 Å². The average Bonchev–Trinajstić information content (AvgIpc) is 2.57. The van der Waals surface area contributed by atoms with Gasteiger partial charge in [0.05, 0.1) is 11.6 Å². The number of halogens is 2. The number of hydrogen-bond donors (Lipinski definition) is 0. The van der Waals surface area contributed by atoms with Gasteiger partial charge in [-0.15, -0.1) is 0 Å². The van der Waals surface area contributed by atoms with Gasteiger partial charge in [0, 0.05) is 38.3 Å². The van der Waals surface area contributed by atoms with E-state index in [0.29, 0.717) is 36.6 Å². The first kappa shape index (κ1) is 15.4. The Balaban J connectivity index is 1.60. The van der Waals surface area contributed by atoms with Gasteiger partial charge in [-0.3, -0.25) is 4.90 Å². The summed E-state index contributed by atoms with van der Waals surface area (Å²) in [5.41, 5.74) is 0.912. The average molecular weight is 314 g/mol. The van der Waals surface area contributed by atoms with Gasteiger partial charge >= 0.3 is 0 Å². The van der Waals surface area contributed by atoms with Crippen LogP contribution >= 0.6 is 0 Å². The van der Waals surface area contributed by atoms with Crippen molar-refractivity contribution < 1.29 is 8.78 Å². The summed E-state index contributed by atoms with van der Waals surface area (Å²) in [6, 6.07) is 11.3. The molecule has 3 rings (SSSR count). The molecular weight excluding hydrogens is 298 g/mol. The van der Waals surface area contributed by atoms with E-state index in [-0.39, 0.29) is 5.82 Å². The molecule has 0 unspecified atom stereocenters. The molecule has 2 aromatic rings. The minimum absolute atomic E-state index is 0.327. The van der Waals surface area contributed by atoms with Gasteiger partial charge in [0.15, 0.2) is 0 Å². The Morgan fingerprint density at radius 2 is 1.87 bits per heavy atom. The van der Waals surface area contributed by atoms with Crippen molar-refractivity contribution in [2.45, 2.75) is 6.54 Å². The largest absolute Gasteiger partial charge is 0.354 e. The van der Waals surface area contributed by atoms with Crippen LogP contribution in [0, 0.1) is 23.1 Å². The van der Waals surface area contributed by atoms with Crippen LogP contribution in [0.2, 0.25) is 0 Å². The molecule has 0 amide bonds. The van der Waals surface area contributed by atoms with Gasteiger partial charge in [-0.2, -0.15) is 9.65 Å². The Morgan fingerprint density at radius 1 is 1.09 bits per heavy atom. The fraction of sp³-hybridized carbons (Fsp3) is 0.294. The number of nitrogens with zero attached hydrogens (tertiary/aromatic N) is 4. The minimum atomic E-state index is -0.482. The molecule has 6 heteroatoms. The second-order valence-electron chi connectivity index (χ2n) is 5.50. The third-order valence-corrected chi connectivity index (χ3v) is 3.97. The van der Waals surface area contributed by atoms with Crippen molar-refractivity contribution in [2.24, 2.45) is 0 Å². The summed E-state index contributed by atoms with van der Waals surface area (Å²) >= 11 is 0. The molecule has 1 aromatic carbocycles. The van der Waals surface area contributed by atoms with Crippen molar-refractivity contribution in [3.05, 3.63) is 59.3 Å². The maximum absolute atomic E-state index is 13.9. The molecule has 1 aliphatic heterocycles. The van der Waals surface area contributed by atoms with Crippen molar-refractivity contribution in [2.75, 3.05) is 31.1 Å². The summed E-state index contributed by atoms with van der Waals surface area (Å²) in [4.78, 5) is 8.05. The Labute approximate surface area is 133 Å². The summed E-state index contributed by atoms with van der Waals surface area (Å²) in [7, 11) is 0. The van der Waals surface area contributed by atoms with Crippen molar-refractivity contribution >= 4 is 5.82 Å². The second-order valence-corrected chi connectivity index (χ2v) is 5.50. The minimum Gasteiger partial charge on any atom is -0.354 e. The molecule has 0 saturated carbocycles. The Kier molecular flexibility index (Phi) is 4.49. The topological polar surface area (TPSA) is 43.2 Å². The highest BCUT2D eigenvalue weighted by Crippen LogP contribution is 2.17. The second kappa shape index (κ2) is 6.71. The number of rotatable bonds is 3. The molecule has 1 saturated heterocycles. The Hall–Kier alpha value is -2.52. The highest BCUT2D eigenvalue weighted by molar-refractivity contribution is 5.38. The molecule has 2 heterocycles. The number of anilines is 1. The lowest BCUT2D eigenvalue weighted by Gasteiger charge is -2.35. The number of piperazine rings is 1. The Morgan fingerprint density at radius 3 is 2.52 bits per heavy atom. The molecule has 0 N–H and O–H groups in total. The number of pyridine rings is 1. The molecule has 1 aromatic heterocycles. The Bertz CT molecular complexity index is 734. The van der Waals surface area contributed by atoms with E-state index in [1.54, 1.807) is 24.3 Å². The van der Waals surface area contributed by atoms with Crippen LogP contribution in [0.25, 0.3) is 0 Å². The number of aromatic nitrogens is 1. The summed E-state index contributed by atoms with van der Waals surface area (Å²) < 4.78 is 27.1. The van der Waals surface area contributed by atoms with Crippen LogP contribution in [-0.2, 0) is 6.54 Å². The molecular formula is C17H16F2N4. The van der Waals surface area contributed by atoms with Gasteiger partial charge < -0.3 is 4.90 Å². The maximum Gasteiger partial charge on any atom is 0.214 e. The number of benzene rings is 1. The lowest BCUT2D eigenvalue weighted by atomic mass is 10.1. The quantitative estimate of drug-likeness (QED) is 0.817. The first-order valence-electron chi connectivity index (χ1n) is 7.44. The molecule has 118 valence electrons. The SMILES string of the molecule is N#Cc1ccc(CN2CCN(c3cccc(F)n3)CC2)c(F)c1. The molecule has 1 fully saturated rings. The van der Waals surface area contributed by atoms with Crippen molar-refractivity contribution in [3.8, 4) is 6.07 Å². The monoisotopic (exact) mass is 314 g/mol. The normalized spacial score (nSPS) is 15.4. The van der Waals surface area contributed by atoms with E-state index in [1.165, 1.54) is 12.1 Å². The van der Waals surface area contributed by atoms with Crippen LogP contribution in [-0.4, -0.2) is 36.1 Å². The third-order valence-electron chi connectivity index (χ3n) is 3.97. The van der Waals surface area contributed by atoms with E-state index < -0.39 is 5.95 Å². The van der Waals surface area contributed by atoms with Crippen LogP contribution < -0.4 is 4.90 Å². The highest BCUT2D eigenvalue weighted by Gasteiger charge is 2.19. The van der Waals surface area contributed by atoms with Gasteiger partial charge in [-0.05, 0) is 24.3 Å². The summed E-state index contributed by atoms with van der Waals surface area (Å²) in [5.74, 6) is -0.197. The van der Waals surface area contributed by atoms with E-state index >= 15 is 0 Å². The molecule has 0 radical (unpaired) electrons. The number of hydrogen-bond acceptors (Lipinski definition) is 4. The fourth-order valence-electron chi connectivity index (χ4n) is 2.69. The maximum atomic E-state index is 13.9. The van der Waals surface area contributed by atoms with Gasteiger partial charge in [0.25, 0.3) is 0 Å². The molecule has 0 aliphatic carbocycles. The van der Waals surface area contributed by atoms with Crippen LogP contribution in [0.1, 0.15) is 11.1 Å². The van der Waals surface area contributed by atoms with Gasteiger partial charge in [-0.25, -0.2) is 9.37 Å². The zero-order valence-corrected chi connectivity index (χ0v) is 12.5. The first-order valence-corrected chi connectivity index (χ1v) is 7.44. The number of nitriles is 1. The lowest BCUT2D eigenvalue weighted by molar-refractivity contribution is 0.246. The van der Waals surface area contributed by atoms with Crippen molar-refractivity contribution in [3.63, 3.8) is 0 Å².